The number of para-hydroxylation sites is 2. The van der Waals surface area contributed by atoms with Crippen LogP contribution in [-0.4, -0.2) is 92.7 Å². The molecule has 0 radical (unpaired) electrons. The van der Waals surface area contributed by atoms with Crippen LogP contribution in [0.25, 0.3) is 21.8 Å². The van der Waals surface area contributed by atoms with Crippen LogP contribution in [0.2, 0.25) is 0 Å². The highest BCUT2D eigenvalue weighted by molar-refractivity contribution is 5.96. The Balaban J connectivity index is 0.000000205. The van der Waals surface area contributed by atoms with Gasteiger partial charge in [0.05, 0.1) is 35.0 Å². The number of amides is 4. The molecule has 2 aliphatic rings. The summed E-state index contributed by atoms with van der Waals surface area (Å²) in [5.41, 5.74) is 8.82. The van der Waals surface area contributed by atoms with E-state index in [0.29, 0.717) is 74.6 Å². The Hall–Kier alpha value is -6.98. The number of ether oxygens (including phenoxy) is 2. The lowest BCUT2D eigenvalue weighted by Gasteiger charge is -2.42. The molecule has 0 bridgehead atoms. The van der Waals surface area contributed by atoms with Crippen molar-refractivity contribution in [3.05, 3.63) is 143 Å². The van der Waals surface area contributed by atoms with E-state index >= 15 is 0 Å². The molecule has 16 nitrogen and oxygen atoms in total. The Morgan fingerprint density at radius 1 is 0.623 bits per heavy atom. The Bertz CT molecular complexity index is 2720. The number of aromatic nitrogens is 2. The van der Waals surface area contributed by atoms with Crippen LogP contribution in [0, 0.1) is 13.8 Å². The molecule has 69 heavy (non-hydrogen) atoms. The molecule has 4 heterocycles. The number of hydrogen-bond donors (Lipinski definition) is 7. The van der Waals surface area contributed by atoms with Crippen molar-refractivity contribution in [1.29, 1.82) is 0 Å². The van der Waals surface area contributed by atoms with Crippen LogP contribution in [0.5, 0.6) is 11.5 Å². The van der Waals surface area contributed by atoms with E-state index in [2.05, 4.69) is 37.7 Å². The lowest BCUT2D eigenvalue weighted by atomic mass is 9.83. The second kappa shape index (κ2) is 23.4. The maximum atomic E-state index is 13.1. The Kier molecular flexibility index (Phi) is 16.9. The van der Waals surface area contributed by atoms with Crippen molar-refractivity contribution in [3.8, 4) is 11.5 Å². The van der Waals surface area contributed by atoms with E-state index in [1.807, 2.05) is 74.5 Å². The van der Waals surface area contributed by atoms with Crippen LogP contribution < -0.4 is 36.4 Å². The average molecular weight is 939 g/mol. The number of fused-ring (bicyclic) bond motifs is 2. The minimum atomic E-state index is -0.691. The van der Waals surface area contributed by atoms with Crippen LogP contribution in [-0.2, 0) is 22.8 Å². The largest absolute Gasteiger partial charge is 0.489 e. The standard InChI is InChI=1S/C28H34N4O4.C25H28N4O4/c1-3-14-32-15-12-28(13-16-32,18-26(33)31-35)30-27(34)21-8-10-23(11-9-21)36-19-22-17-20(2)29-25-7-5-4-6-24(22)25;1-17-14-19(21-4-2-3-5-22(21)27-17)16-33-20-8-6-18(7-9-20)24(31)28-25(15-23(30)29-32)10-12-26-13-11-25/h4-11,17,35H,3,12-16,18-19H2,1-2H3,(H,30,34)(H,31,33);2-9,14,26,32H,10-13,15-16H2,1H3,(H,28,31)(H,29,30). The number of carbonyl (C=O) groups excluding carboxylic acids is 4. The van der Waals surface area contributed by atoms with Crippen LogP contribution >= 0.6 is 0 Å². The number of nitrogens with zero attached hydrogens (tertiary/aromatic N) is 3. The molecule has 6 aromatic rings. The van der Waals surface area contributed by atoms with Gasteiger partial charge < -0.3 is 30.3 Å². The van der Waals surface area contributed by atoms with Gasteiger partial charge in [0, 0.05) is 57.5 Å². The van der Waals surface area contributed by atoms with Gasteiger partial charge in [0.15, 0.2) is 0 Å². The van der Waals surface area contributed by atoms with E-state index < -0.39 is 22.9 Å². The number of aryl methyl sites for hydroxylation is 2. The number of nitrogens with one attached hydrogen (secondary N) is 5. The number of benzene rings is 4. The summed E-state index contributed by atoms with van der Waals surface area (Å²) in [6.07, 6.45) is 3.62. The van der Waals surface area contributed by atoms with Crippen LogP contribution in [0.3, 0.4) is 0 Å². The number of carbonyl (C=O) groups is 4. The van der Waals surface area contributed by atoms with Crippen LogP contribution in [0.1, 0.15) is 95.1 Å². The number of likely N-dealkylation sites (tertiary alicyclic amines) is 1. The summed E-state index contributed by atoms with van der Waals surface area (Å²) in [5.74, 6) is -0.202. The van der Waals surface area contributed by atoms with E-state index in [0.717, 1.165) is 70.4 Å². The third-order valence-electron chi connectivity index (χ3n) is 12.8. The minimum absolute atomic E-state index is 0.0252. The van der Waals surface area contributed by atoms with E-state index in [-0.39, 0.29) is 24.7 Å². The molecule has 362 valence electrons. The van der Waals surface area contributed by atoms with Gasteiger partial charge in [-0.05, 0) is 138 Å². The molecule has 7 N–H and O–H groups in total. The molecule has 4 aromatic carbocycles. The number of rotatable bonds is 16. The van der Waals surface area contributed by atoms with Gasteiger partial charge in [-0.1, -0.05) is 43.3 Å². The molecule has 2 fully saturated rings. The van der Waals surface area contributed by atoms with Gasteiger partial charge in [-0.2, -0.15) is 0 Å². The molecule has 0 unspecified atom stereocenters. The first-order chi connectivity index (χ1) is 33.4. The lowest BCUT2D eigenvalue weighted by molar-refractivity contribution is -0.131. The Morgan fingerprint density at radius 3 is 1.46 bits per heavy atom. The zero-order valence-electron chi connectivity index (χ0n) is 39.5. The van der Waals surface area contributed by atoms with E-state index in [1.54, 1.807) is 59.5 Å². The van der Waals surface area contributed by atoms with E-state index in [9.17, 15) is 19.2 Å². The summed E-state index contributed by atoms with van der Waals surface area (Å²) in [5, 5.41) is 29.4. The monoisotopic (exact) mass is 938 g/mol. The first-order valence-corrected chi connectivity index (χ1v) is 23.5. The molecule has 4 amide bonds. The molecular formula is C53H62N8O8. The molecule has 0 aliphatic carbocycles. The van der Waals surface area contributed by atoms with Gasteiger partial charge in [0.25, 0.3) is 11.8 Å². The highest BCUT2D eigenvalue weighted by atomic mass is 16.5. The van der Waals surface area contributed by atoms with Crippen molar-refractivity contribution in [2.75, 3.05) is 32.7 Å². The third-order valence-corrected chi connectivity index (χ3v) is 12.8. The predicted molar refractivity (Wildman–Crippen MR) is 262 cm³/mol. The second-order valence-electron chi connectivity index (χ2n) is 18.0. The summed E-state index contributed by atoms with van der Waals surface area (Å²) in [6, 6.07) is 34.0. The van der Waals surface area contributed by atoms with Crippen molar-refractivity contribution >= 4 is 45.4 Å². The summed E-state index contributed by atoms with van der Waals surface area (Å²) in [7, 11) is 0. The van der Waals surface area contributed by atoms with Gasteiger partial charge >= 0.3 is 0 Å². The Labute approximate surface area is 402 Å². The SMILES string of the molecule is CCCN1CCC(CC(=O)NO)(NC(=O)c2ccc(OCc3cc(C)nc4ccccc34)cc2)CC1.Cc1cc(COc2ccc(C(=O)NC3(CC(=O)NO)CCNCC3)cc2)c2ccccc2n1. The molecular weight excluding hydrogens is 877 g/mol. The molecule has 0 atom stereocenters. The molecule has 16 heteroatoms. The van der Waals surface area contributed by atoms with Crippen LogP contribution in [0.15, 0.2) is 109 Å². The Morgan fingerprint density at radius 2 is 1.04 bits per heavy atom. The number of piperidine rings is 2. The molecule has 8 rings (SSSR count). The third kappa shape index (κ3) is 13.4. The normalized spacial score (nSPS) is 15.3. The fourth-order valence-electron chi connectivity index (χ4n) is 9.19. The second-order valence-corrected chi connectivity index (χ2v) is 18.0. The van der Waals surface area contributed by atoms with Crippen molar-refractivity contribution in [2.45, 2.75) is 90.0 Å². The predicted octanol–water partition coefficient (Wildman–Crippen LogP) is 6.86. The van der Waals surface area contributed by atoms with E-state index in [4.69, 9.17) is 19.9 Å². The highest BCUT2D eigenvalue weighted by Gasteiger charge is 2.38. The molecule has 2 aromatic heterocycles. The van der Waals surface area contributed by atoms with Crippen molar-refractivity contribution in [3.63, 3.8) is 0 Å². The van der Waals surface area contributed by atoms with Gasteiger partial charge in [0.2, 0.25) is 11.8 Å². The molecule has 0 saturated carbocycles. The number of pyridine rings is 2. The zero-order valence-corrected chi connectivity index (χ0v) is 39.5. The highest BCUT2D eigenvalue weighted by Crippen LogP contribution is 2.29. The fraction of sp³-hybridized carbons (Fsp3) is 0.358. The van der Waals surface area contributed by atoms with Gasteiger partial charge in [-0.15, -0.1) is 0 Å². The fourth-order valence-corrected chi connectivity index (χ4v) is 9.19. The summed E-state index contributed by atoms with van der Waals surface area (Å²) in [4.78, 5) is 61.2. The molecule has 0 spiro atoms. The number of hydroxylamine groups is 2. The summed E-state index contributed by atoms with van der Waals surface area (Å²) in [6.45, 7) is 10.8. The quantitative estimate of drug-likeness (QED) is 0.0392. The average Bonchev–Trinajstić information content (AvgIpc) is 3.36. The first-order valence-electron chi connectivity index (χ1n) is 23.5. The first kappa shape index (κ1) is 49.9. The van der Waals surface area contributed by atoms with Gasteiger partial charge in [-0.25, -0.2) is 11.0 Å². The summed E-state index contributed by atoms with van der Waals surface area (Å²) < 4.78 is 12.0. The van der Waals surface area contributed by atoms with Crippen molar-refractivity contribution in [1.82, 2.24) is 41.8 Å². The number of hydrogen-bond acceptors (Lipinski definition) is 12. The van der Waals surface area contributed by atoms with Gasteiger partial charge in [-0.3, -0.25) is 39.6 Å². The van der Waals surface area contributed by atoms with E-state index in [1.165, 1.54) is 0 Å². The molecule has 2 aliphatic heterocycles. The van der Waals surface area contributed by atoms with Crippen molar-refractivity contribution in [2.24, 2.45) is 0 Å². The maximum absolute atomic E-state index is 13.1. The maximum Gasteiger partial charge on any atom is 0.251 e. The van der Waals surface area contributed by atoms with Gasteiger partial charge in [0.1, 0.15) is 24.7 Å². The molecule has 2 saturated heterocycles. The lowest BCUT2D eigenvalue weighted by Crippen LogP contribution is -2.57. The zero-order chi connectivity index (χ0) is 48.8. The summed E-state index contributed by atoms with van der Waals surface area (Å²) >= 11 is 0. The minimum Gasteiger partial charge on any atom is -0.489 e. The smallest absolute Gasteiger partial charge is 0.251 e. The van der Waals surface area contributed by atoms with Crippen LogP contribution in [0.4, 0.5) is 0 Å². The van der Waals surface area contributed by atoms with Crippen molar-refractivity contribution < 1.29 is 39.1 Å². The topological polar surface area (TPSA) is 216 Å².